The van der Waals surface area contributed by atoms with Gasteiger partial charge in [-0.15, -0.1) is 0 Å². The minimum atomic E-state index is -3.59. The molecule has 0 radical (unpaired) electrons. The Hall–Kier alpha value is -1.36. The van der Waals surface area contributed by atoms with Crippen molar-refractivity contribution in [2.45, 2.75) is 135 Å². The number of benzene rings is 1. The molecule has 1 aromatic rings. The fraction of sp³-hybridized carbons (Fsp3) is 0.741. The van der Waals surface area contributed by atoms with Crippen LogP contribution in [0.15, 0.2) is 34.3 Å². The lowest BCUT2D eigenvalue weighted by Gasteiger charge is -2.08. The van der Waals surface area contributed by atoms with E-state index in [9.17, 15) is 8.42 Å². The lowest BCUT2D eigenvalue weighted by Crippen LogP contribution is -2.20. The van der Waals surface area contributed by atoms with Crippen LogP contribution >= 0.6 is 0 Å². The van der Waals surface area contributed by atoms with Crippen LogP contribution in [-0.4, -0.2) is 14.1 Å². The predicted octanol–water partition coefficient (Wildman–Crippen LogP) is 8.30. The van der Waals surface area contributed by atoms with Gasteiger partial charge in [0.25, 0.3) is 10.0 Å². The van der Waals surface area contributed by atoms with E-state index in [0.717, 1.165) is 37.0 Å². The summed E-state index contributed by atoms with van der Waals surface area (Å²) in [5, 5.41) is 4.26. The molecule has 0 aliphatic carbocycles. The van der Waals surface area contributed by atoms with Crippen molar-refractivity contribution in [3.63, 3.8) is 0 Å². The van der Waals surface area contributed by atoms with E-state index in [1.807, 2.05) is 6.92 Å². The van der Waals surface area contributed by atoms with E-state index in [4.69, 9.17) is 0 Å². The minimum absolute atomic E-state index is 0.263. The van der Waals surface area contributed by atoms with E-state index in [2.05, 4.69) is 23.8 Å². The topological polar surface area (TPSA) is 58.5 Å². The van der Waals surface area contributed by atoms with Gasteiger partial charge in [-0.25, -0.2) is 4.83 Å². The number of nitrogens with one attached hydrogen (secondary N) is 1. The first-order chi connectivity index (χ1) is 15.5. The Morgan fingerprint density at radius 2 is 1.16 bits per heavy atom. The molecule has 4 nitrogen and oxygen atoms in total. The first kappa shape index (κ1) is 28.7. The first-order valence-electron chi connectivity index (χ1n) is 13.1. The molecule has 0 unspecified atom stereocenters. The molecular weight excluding hydrogens is 416 g/mol. The van der Waals surface area contributed by atoms with Crippen molar-refractivity contribution in [1.29, 1.82) is 0 Å². The van der Waals surface area contributed by atoms with Gasteiger partial charge in [0.2, 0.25) is 0 Å². The smallest absolute Gasteiger partial charge is 0.200 e. The third-order valence-corrected chi connectivity index (χ3v) is 7.24. The molecule has 5 heteroatoms. The monoisotopic (exact) mass is 464 g/mol. The molecular formula is C27H48N2O2S. The zero-order chi connectivity index (χ0) is 23.5. The number of hydrogen-bond acceptors (Lipinski definition) is 3. The second kappa shape index (κ2) is 18.1. The second-order valence-electron chi connectivity index (χ2n) is 9.18. The Balaban J connectivity index is 2.15. The zero-order valence-corrected chi connectivity index (χ0v) is 21.8. The van der Waals surface area contributed by atoms with Gasteiger partial charge in [-0.1, -0.05) is 121 Å². The van der Waals surface area contributed by atoms with Crippen molar-refractivity contribution in [3.8, 4) is 0 Å². The summed E-state index contributed by atoms with van der Waals surface area (Å²) in [7, 11) is -3.59. The van der Waals surface area contributed by atoms with Gasteiger partial charge >= 0.3 is 0 Å². The van der Waals surface area contributed by atoms with Gasteiger partial charge in [0.15, 0.2) is 0 Å². The molecule has 184 valence electrons. The van der Waals surface area contributed by atoms with Crippen molar-refractivity contribution in [2.24, 2.45) is 5.10 Å². The van der Waals surface area contributed by atoms with E-state index >= 15 is 0 Å². The highest BCUT2D eigenvalue weighted by Crippen LogP contribution is 2.14. The first-order valence-corrected chi connectivity index (χ1v) is 14.6. The summed E-state index contributed by atoms with van der Waals surface area (Å²) < 4.78 is 24.9. The van der Waals surface area contributed by atoms with Crippen LogP contribution in [0.5, 0.6) is 0 Å². The highest BCUT2D eigenvalue weighted by atomic mass is 32.2. The Morgan fingerprint density at radius 3 is 1.62 bits per heavy atom. The van der Waals surface area contributed by atoms with Gasteiger partial charge in [0.1, 0.15) is 0 Å². The maximum Gasteiger partial charge on any atom is 0.276 e. The van der Waals surface area contributed by atoms with Gasteiger partial charge in [0.05, 0.1) is 4.90 Å². The molecule has 0 saturated heterocycles. The highest BCUT2D eigenvalue weighted by molar-refractivity contribution is 7.89. The maximum atomic E-state index is 12.4. The predicted molar refractivity (Wildman–Crippen MR) is 139 cm³/mol. The van der Waals surface area contributed by atoms with Crippen LogP contribution < -0.4 is 4.83 Å². The molecule has 0 atom stereocenters. The van der Waals surface area contributed by atoms with Gasteiger partial charge in [0, 0.05) is 5.71 Å². The van der Waals surface area contributed by atoms with Gasteiger partial charge in [-0.3, -0.25) is 0 Å². The van der Waals surface area contributed by atoms with Crippen LogP contribution in [0.1, 0.15) is 129 Å². The Bertz CT molecular complexity index is 712. The molecule has 0 amide bonds. The molecule has 0 aliphatic rings. The molecule has 1 N–H and O–H groups in total. The summed E-state index contributed by atoms with van der Waals surface area (Å²) in [6, 6.07) is 6.86. The van der Waals surface area contributed by atoms with Gasteiger partial charge in [-0.05, 0) is 38.3 Å². The number of rotatable bonds is 20. The molecule has 1 aromatic carbocycles. The normalized spacial score (nSPS) is 12.3. The third-order valence-electron chi connectivity index (χ3n) is 6.01. The molecule has 1 rings (SSSR count). The van der Waals surface area contributed by atoms with Crippen molar-refractivity contribution in [3.05, 3.63) is 29.8 Å². The van der Waals surface area contributed by atoms with Crippen LogP contribution in [0, 0.1) is 6.92 Å². The van der Waals surface area contributed by atoms with Crippen molar-refractivity contribution < 1.29 is 8.42 Å². The van der Waals surface area contributed by atoms with Crippen molar-refractivity contribution in [1.82, 2.24) is 4.83 Å². The van der Waals surface area contributed by atoms with Gasteiger partial charge in [-0.2, -0.15) is 13.5 Å². The van der Waals surface area contributed by atoms with Crippen LogP contribution in [0.3, 0.4) is 0 Å². The second-order valence-corrected chi connectivity index (χ2v) is 10.8. The average Bonchev–Trinajstić information content (AvgIpc) is 2.78. The van der Waals surface area contributed by atoms with Crippen LogP contribution in [0.2, 0.25) is 0 Å². The average molecular weight is 465 g/mol. The Morgan fingerprint density at radius 1 is 0.688 bits per heavy atom. The van der Waals surface area contributed by atoms with Gasteiger partial charge < -0.3 is 0 Å². The largest absolute Gasteiger partial charge is 0.276 e. The molecule has 0 saturated carbocycles. The van der Waals surface area contributed by atoms with Crippen molar-refractivity contribution >= 4 is 15.7 Å². The number of nitrogens with zero attached hydrogens (tertiary/aromatic N) is 1. The molecule has 0 spiro atoms. The molecule has 0 aromatic heterocycles. The third kappa shape index (κ3) is 13.9. The SMILES string of the molecule is CCCCCCCCCCCCCCCC/C(CCC)=N/NS(=O)(=O)c1ccc(C)cc1. The summed E-state index contributed by atoms with van der Waals surface area (Å²) in [4.78, 5) is 2.70. The number of sulfonamides is 1. The van der Waals surface area contributed by atoms with E-state index in [1.54, 1.807) is 24.3 Å². The lowest BCUT2D eigenvalue weighted by atomic mass is 10.0. The Labute approximate surface area is 198 Å². The van der Waals surface area contributed by atoms with Crippen LogP contribution in [0.4, 0.5) is 0 Å². The number of unbranched alkanes of at least 4 members (excludes halogenated alkanes) is 13. The van der Waals surface area contributed by atoms with Crippen molar-refractivity contribution in [2.75, 3.05) is 0 Å². The van der Waals surface area contributed by atoms with E-state index in [1.165, 1.54) is 83.5 Å². The fourth-order valence-electron chi connectivity index (χ4n) is 3.94. The zero-order valence-electron chi connectivity index (χ0n) is 21.0. The standard InChI is InChI=1S/C27H48N2O2S/c1-4-6-7-8-9-10-11-12-13-14-15-16-17-18-20-26(19-5-2)28-29-32(30,31)27-23-21-25(3)22-24-27/h21-24,29H,4-20H2,1-3H3/b28-26+. The molecule has 32 heavy (non-hydrogen) atoms. The molecule has 0 heterocycles. The summed E-state index contributed by atoms with van der Waals surface area (Å²) >= 11 is 0. The van der Waals surface area contributed by atoms with Crippen LogP contribution in [0.25, 0.3) is 0 Å². The summed E-state index contributed by atoms with van der Waals surface area (Å²) in [5.41, 5.74) is 2.00. The number of hydrogen-bond donors (Lipinski definition) is 1. The maximum absolute atomic E-state index is 12.4. The minimum Gasteiger partial charge on any atom is -0.200 e. The van der Waals surface area contributed by atoms with E-state index in [0.29, 0.717) is 0 Å². The van der Waals surface area contributed by atoms with E-state index < -0.39 is 10.0 Å². The number of aryl methyl sites for hydroxylation is 1. The number of hydrazone groups is 1. The fourth-order valence-corrected chi connectivity index (χ4v) is 4.79. The Kier molecular flexibility index (Phi) is 16.2. The summed E-state index contributed by atoms with van der Waals surface area (Å²) in [5.74, 6) is 0. The summed E-state index contributed by atoms with van der Waals surface area (Å²) in [6.07, 6.45) is 21.5. The molecule has 0 aliphatic heterocycles. The van der Waals surface area contributed by atoms with E-state index in [-0.39, 0.29) is 4.90 Å². The lowest BCUT2D eigenvalue weighted by molar-refractivity contribution is 0.536. The molecule has 0 fully saturated rings. The molecule has 0 bridgehead atoms. The quantitative estimate of drug-likeness (QED) is 0.120. The highest BCUT2D eigenvalue weighted by Gasteiger charge is 2.12. The van der Waals surface area contributed by atoms with Crippen LogP contribution in [-0.2, 0) is 10.0 Å². The summed E-state index contributed by atoms with van der Waals surface area (Å²) in [6.45, 7) is 6.32.